The summed E-state index contributed by atoms with van der Waals surface area (Å²) in [5.74, 6) is -1.82. The molecule has 0 fully saturated rings. The molecule has 0 bridgehead atoms. The third kappa shape index (κ3) is 4.93. The third-order valence-corrected chi connectivity index (χ3v) is 5.97. The highest BCUT2D eigenvalue weighted by Gasteiger charge is 2.20. The first kappa shape index (κ1) is 21.3. The number of anilines is 2. The summed E-state index contributed by atoms with van der Waals surface area (Å²) in [5, 5.41) is 2.22. The molecule has 0 atom stereocenters. The minimum Gasteiger partial charge on any atom is -0.484 e. The van der Waals surface area contributed by atoms with Crippen molar-refractivity contribution in [3.05, 3.63) is 84.4 Å². The van der Waals surface area contributed by atoms with Crippen LogP contribution < -0.4 is 14.4 Å². The minimum atomic E-state index is -3.71. The Morgan fingerprint density at radius 1 is 1.00 bits per heavy atom. The molecule has 3 aromatic carbocycles. The Morgan fingerprint density at radius 3 is 2.33 bits per heavy atom. The lowest BCUT2D eigenvalue weighted by Gasteiger charge is -2.19. The first-order valence-electron chi connectivity index (χ1n) is 8.79. The van der Waals surface area contributed by atoms with Crippen LogP contribution in [0.4, 0.5) is 20.2 Å². The second-order valence-corrected chi connectivity index (χ2v) is 8.21. The van der Waals surface area contributed by atoms with Crippen molar-refractivity contribution in [2.24, 2.45) is 0 Å². The average molecular weight is 432 g/mol. The van der Waals surface area contributed by atoms with Crippen molar-refractivity contribution in [3.63, 3.8) is 0 Å². The summed E-state index contributed by atoms with van der Waals surface area (Å²) in [4.78, 5) is 12.1. The summed E-state index contributed by atoms with van der Waals surface area (Å²) < 4.78 is 58.4. The van der Waals surface area contributed by atoms with Gasteiger partial charge in [-0.2, -0.15) is 0 Å². The van der Waals surface area contributed by atoms with E-state index in [2.05, 4.69) is 5.32 Å². The Bertz CT molecular complexity index is 1140. The highest BCUT2D eigenvalue weighted by Crippen LogP contribution is 2.24. The van der Waals surface area contributed by atoms with E-state index in [1.165, 1.54) is 43.4 Å². The number of hydrogen-bond donors (Lipinski definition) is 1. The first-order chi connectivity index (χ1) is 14.3. The van der Waals surface area contributed by atoms with E-state index in [0.717, 1.165) is 22.5 Å². The van der Waals surface area contributed by atoms with Crippen LogP contribution in [0.2, 0.25) is 0 Å². The van der Waals surface area contributed by atoms with Gasteiger partial charge in [-0.25, -0.2) is 17.2 Å². The van der Waals surface area contributed by atoms with Crippen LogP contribution in [0.5, 0.6) is 5.75 Å². The maximum Gasteiger partial charge on any atom is 0.264 e. The van der Waals surface area contributed by atoms with Crippen LogP contribution in [-0.4, -0.2) is 28.0 Å². The van der Waals surface area contributed by atoms with E-state index in [1.54, 1.807) is 18.2 Å². The Labute approximate surface area is 172 Å². The van der Waals surface area contributed by atoms with Crippen LogP contribution >= 0.6 is 0 Å². The maximum absolute atomic E-state index is 13.6. The zero-order chi connectivity index (χ0) is 21.7. The summed E-state index contributed by atoms with van der Waals surface area (Å²) in [5.41, 5.74) is 0.115. The number of ether oxygens (including phenoxy) is 1. The van der Waals surface area contributed by atoms with Crippen molar-refractivity contribution in [2.45, 2.75) is 4.90 Å². The van der Waals surface area contributed by atoms with Crippen molar-refractivity contribution in [1.82, 2.24) is 0 Å². The fourth-order valence-corrected chi connectivity index (χ4v) is 3.79. The standard InChI is InChI=1S/C21H18F2N2O4S/c1-25(30(27,28)18-5-3-2-4-6-18)16-8-10-17(11-9-16)29-14-21(26)24-20-13-15(22)7-12-19(20)23/h2-13H,14H2,1H3,(H,24,26). The summed E-state index contributed by atoms with van der Waals surface area (Å²) >= 11 is 0. The lowest BCUT2D eigenvalue weighted by molar-refractivity contribution is -0.118. The van der Waals surface area contributed by atoms with E-state index in [-0.39, 0.29) is 10.6 Å². The minimum absolute atomic E-state index is 0.161. The Balaban J connectivity index is 1.62. The number of carbonyl (C=O) groups excluding carboxylic acids is 1. The van der Waals surface area contributed by atoms with E-state index in [0.29, 0.717) is 11.4 Å². The molecule has 1 N–H and O–H groups in total. The second-order valence-electron chi connectivity index (χ2n) is 6.24. The molecule has 6 nitrogen and oxygen atoms in total. The van der Waals surface area contributed by atoms with Crippen LogP contribution in [0.3, 0.4) is 0 Å². The molecule has 0 radical (unpaired) electrons. The zero-order valence-corrected chi connectivity index (χ0v) is 16.7. The Morgan fingerprint density at radius 2 is 1.67 bits per heavy atom. The number of sulfonamides is 1. The average Bonchev–Trinajstić information content (AvgIpc) is 2.75. The smallest absolute Gasteiger partial charge is 0.264 e. The van der Waals surface area contributed by atoms with Crippen molar-refractivity contribution >= 4 is 27.3 Å². The van der Waals surface area contributed by atoms with Crippen LogP contribution in [0.15, 0.2) is 77.7 Å². The molecule has 0 aliphatic carbocycles. The topological polar surface area (TPSA) is 75.7 Å². The molecule has 0 heterocycles. The summed E-state index contributed by atoms with van der Waals surface area (Å²) in [6.07, 6.45) is 0. The third-order valence-electron chi connectivity index (χ3n) is 4.17. The normalized spacial score (nSPS) is 11.0. The number of hydrogen-bond acceptors (Lipinski definition) is 4. The van der Waals surface area contributed by atoms with Crippen LogP contribution in [0.25, 0.3) is 0 Å². The molecule has 9 heteroatoms. The van der Waals surface area contributed by atoms with E-state index >= 15 is 0 Å². The molecule has 156 valence electrons. The summed E-state index contributed by atoms with van der Waals surface area (Å²) in [7, 11) is -2.28. The molecule has 30 heavy (non-hydrogen) atoms. The van der Waals surface area contributed by atoms with Crippen LogP contribution in [0, 0.1) is 11.6 Å². The van der Waals surface area contributed by atoms with Gasteiger partial charge in [-0.3, -0.25) is 9.10 Å². The quantitative estimate of drug-likeness (QED) is 0.616. The molecule has 0 aromatic heterocycles. The predicted molar refractivity (Wildman–Crippen MR) is 109 cm³/mol. The Kier molecular flexibility index (Phi) is 6.31. The van der Waals surface area contributed by atoms with Gasteiger partial charge in [-0.05, 0) is 48.5 Å². The lowest BCUT2D eigenvalue weighted by Crippen LogP contribution is -2.26. The summed E-state index contributed by atoms with van der Waals surface area (Å²) in [6.45, 7) is -0.437. The number of benzene rings is 3. The highest BCUT2D eigenvalue weighted by atomic mass is 32.2. The van der Waals surface area contributed by atoms with Gasteiger partial charge in [-0.1, -0.05) is 18.2 Å². The van der Waals surface area contributed by atoms with Crippen molar-refractivity contribution in [2.75, 3.05) is 23.3 Å². The number of nitrogens with zero attached hydrogens (tertiary/aromatic N) is 1. The van der Waals surface area contributed by atoms with Gasteiger partial charge in [0.2, 0.25) is 0 Å². The number of amides is 1. The molecule has 0 aliphatic rings. The van der Waals surface area contributed by atoms with Gasteiger partial charge < -0.3 is 10.1 Å². The highest BCUT2D eigenvalue weighted by molar-refractivity contribution is 7.92. The molecule has 0 saturated carbocycles. The number of nitrogens with one attached hydrogen (secondary N) is 1. The maximum atomic E-state index is 13.6. The molecular formula is C21H18F2N2O4S. The van der Waals surface area contributed by atoms with Gasteiger partial charge >= 0.3 is 0 Å². The molecule has 0 unspecified atom stereocenters. The van der Waals surface area contributed by atoms with Crippen LogP contribution in [-0.2, 0) is 14.8 Å². The molecule has 0 spiro atoms. The van der Waals surface area contributed by atoms with E-state index in [4.69, 9.17) is 4.74 Å². The lowest BCUT2D eigenvalue weighted by atomic mass is 10.3. The van der Waals surface area contributed by atoms with Gasteiger partial charge in [0.1, 0.15) is 17.4 Å². The van der Waals surface area contributed by atoms with E-state index < -0.39 is 34.2 Å². The molecule has 0 aliphatic heterocycles. The van der Waals surface area contributed by atoms with Gasteiger partial charge in [0.25, 0.3) is 15.9 Å². The van der Waals surface area contributed by atoms with Crippen LogP contribution in [0.1, 0.15) is 0 Å². The zero-order valence-electron chi connectivity index (χ0n) is 15.9. The number of carbonyl (C=O) groups is 1. The molecule has 3 rings (SSSR count). The Hall–Kier alpha value is -3.46. The first-order valence-corrected chi connectivity index (χ1v) is 10.2. The fraction of sp³-hybridized carbons (Fsp3) is 0.0952. The molecule has 0 saturated heterocycles. The molecule has 1 amide bonds. The van der Waals surface area contributed by atoms with Crippen molar-refractivity contribution < 1.29 is 26.7 Å². The van der Waals surface area contributed by atoms with Crippen molar-refractivity contribution in [3.8, 4) is 5.75 Å². The van der Waals surface area contributed by atoms with Crippen molar-refractivity contribution in [1.29, 1.82) is 0 Å². The fourth-order valence-electron chi connectivity index (χ4n) is 2.57. The largest absolute Gasteiger partial charge is 0.484 e. The monoisotopic (exact) mass is 432 g/mol. The molecule has 3 aromatic rings. The number of halogens is 2. The van der Waals surface area contributed by atoms with Gasteiger partial charge in [0, 0.05) is 13.1 Å². The molecular weight excluding hydrogens is 414 g/mol. The predicted octanol–water partition coefficient (Wildman–Crippen LogP) is 3.81. The van der Waals surface area contributed by atoms with E-state index in [1.807, 2.05) is 0 Å². The van der Waals surface area contributed by atoms with Gasteiger partial charge in [-0.15, -0.1) is 0 Å². The van der Waals surface area contributed by atoms with E-state index in [9.17, 15) is 22.0 Å². The van der Waals surface area contributed by atoms with Gasteiger partial charge in [0.15, 0.2) is 6.61 Å². The summed E-state index contributed by atoms with van der Waals surface area (Å²) in [6, 6.07) is 16.8. The SMILES string of the molecule is CN(c1ccc(OCC(=O)Nc2cc(F)ccc2F)cc1)S(=O)(=O)c1ccccc1. The second kappa shape index (κ2) is 8.91. The number of rotatable bonds is 7. The van der Waals surface area contributed by atoms with Gasteiger partial charge in [0.05, 0.1) is 16.3 Å².